The van der Waals surface area contributed by atoms with Crippen LogP contribution in [0.2, 0.25) is 0 Å². The summed E-state index contributed by atoms with van der Waals surface area (Å²) in [7, 11) is 0. The van der Waals surface area contributed by atoms with Gasteiger partial charge in [-0.05, 0) is 53.1 Å². The van der Waals surface area contributed by atoms with Crippen molar-refractivity contribution in [1.29, 1.82) is 0 Å². The summed E-state index contributed by atoms with van der Waals surface area (Å²) in [5.41, 5.74) is 6.11. The molecular weight excluding hydrogens is 600 g/mol. The normalized spacial score (nSPS) is 17.8. The third-order valence-electron chi connectivity index (χ3n) is 7.61. The fourth-order valence-electron chi connectivity index (χ4n) is 5.18. The maximum atomic E-state index is 12.8. The van der Waals surface area contributed by atoms with Crippen LogP contribution in [0.3, 0.4) is 0 Å². The van der Waals surface area contributed by atoms with Crippen LogP contribution in [0.1, 0.15) is 58.5 Å². The van der Waals surface area contributed by atoms with Crippen LogP contribution in [0.25, 0.3) is 11.0 Å². The molecule has 1 saturated heterocycles. The van der Waals surface area contributed by atoms with E-state index in [0.717, 1.165) is 38.4 Å². The predicted molar refractivity (Wildman–Crippen MR) is 177 cm³/mol. The molecule has 4 aromatic carbocycles. The van der Waals surface area contributed by atoms with Crippen LogP contribution in [-0.2, 0) is 27.4 Å². The minimum Gasteiger partial charge on any atom is -0.392 e. The van der Waals surface area contributed by atoms with E-state index in [1.54, 1.807) is 11.8 Å². The molecule has 3 N–H and O–H groups in total. The highest BCUT2D eigenvalue weighted by Crippen LogP contribution is 2.39. The van der Waals surface area contributed by atoms with E-state index in [4.69, 9.17) is 9.47 Å². The Balaban J connectivity index is 1.12. The molecule has 10 heteroatoms. The molecule has 3 atom stereocenters. The highest BCUT2D eigenvalue weighted by molar-refractivity contribution is 7.99. The minimum atomic E-state index is -0.583. The third kappa shape index (κ3) is 7.96. The Bertz CT molecular complexity index is 1800. The number of rotatable bonds is 10. The third-order valence-corrected chi connectivity index (χ3v) is 8.76. The Labute approximate surface area is 271 Å². The van der Waals surface area contributed by atoms with E-state index in [2.05, 4.69) is 20.6 Å². The van der Waals surface area contributed by atoms with Crippen LogP contribution in [-0.4, -0.2) is 38.7 Å². The van der Waals surface area contributed by atoms with E-state index < -0.39 is 6.29 Å². The number of carbonyl (C=O) groups is 2. The number of aromatic nitrogens is 2. The van der Waals surface area contributed by atoms with Gasteiger partial charge in [0.1, 0.15) is 5.69 Å². The van der Waals surface area contributed by atoms with Gasteiger partial charge in [0, 0.05) is 41.8 Å². The average molecular weight is 635 g/mol. The van der Waals surface area contributed by atoms with Crippen LogP contribution in [0, 0.1) is 0 Å². The zero-order chi connectivity index (χ0) is 31.9. The summed E-state index contributed by atoms with van der Waals surface area (Å²) in [6, 6.07) is 30.8. The summed E-state index contributed by atoms with van der Waals surface area (Å²) in [6.45, 7) is 1.81. The Morgan fingerprint density at radius 3 is 2.28 bits per heavy atom. The molecule has 3 unspecified atom stereocenters. The summed E-state index contributed by atoms with van der Waals surface area (Å²) in [5.74, 6) is 0.321. The molecule has 2 heterocycles. The topological polar surface area (TPSA) is 123 Å². The first-order valence-electron chi connectivity index (χ1n) is 15.0. The molecule has 6 rings (SSSR count). The standard InChI is InChI=1S/C36H34N4O5S/c1-23(42)39-28-14-16-30(17-15-28)46-22-29-18-34(26-10-8-25(21-41)9-11-26)45-36(44-29)27-12-6-24(7-13-27)19-38-35(43)33-20-37-31-4-2-3-5-32(31)40-33/h2-17,20,29,34,36,41H,18-19,21-22H2,1H3,(H,38,43)(H,39,42). The summed E-state index contributed by atoms with van der Waals surface area (Å²) in [5, 5.41) is 15.2. The first-order valence-corrected chi connectivity index (χ1v) is 16.0. The largest absolute Gasteiger partial charge is 0.392 e. The molecule has 1 fully saturated rings. The van der Waals surface area contributed by atoms with Gasteiger partial charge in [0.05, 0.1) is 36.0 Å². The quantitative estimate of drug-likeness (QED) is 0.152. The van der Waals surface area contributed by atoms with Crippen molar-refractivity contribution in [3.8, 4) is 0 Å². The second-order valence-electron chi connectivity index (χ2n) is 11.0. The average Bonchev–Trinajstić information content (AvgIpc) is 3.10. The number of aliphatic hydroxyl groups excluding tert-OH is 1. The van der Waals surface area contributed by atoms with Gasteiger partial charge in [-0.25, -0.2) is 4.98 Å². The van der Waals surface area contributed by atoms with E-state index in [9.17, 15) is 14.7 Å². The number of carbonyl (C=O) groups excluding carboxylic acids is 2. The maximum Gasteiger partial charge on any atom is 0.271 e. The number of anilines is 1. The first-order chi connectivity index (χ1) is 22.4. The monoisotopic (exact) mass is 634 g/mol. The van der Waals surface area contributed by atoms with Crippen LogP contribution >= 0.6 is 11.8 Å². The number of para-hydroxylation sites is 2. The van der Waals surface area contributed by atoms with E-state index in [0.29, 0.717) is 24.2 Å². The summed E-state index contributed by atoms with van der Waals surface area (Å²) in [4.78, 5) is 33.9. The molecule has 46 heavy (non-hydrogen) atoms. The number of hydrogen-bond acceptors (Lipinski definition) is 8. The second-order valence-corrected chi connectivity index (χ2v) is 12.1. The van der Waals surface area contributed by atoms with Crippen molar-refractivity contribution in [2.45, 2.75) is 49.9 Å². The molecule has 0 saturated carbocycles. The summed E-state index contributed by atoms with van der Waals surface area (Å²) in [6.07, 6.45) is 1.29. The number of hydrogen-bond donors (Lipinski definition) is 3. The van der Waals surface area contributed by atoms with Crippen molar-refractivity contribution in [1.82, 2.24) is 15.3 Å². The van der Waals surface area contributed by atoms with Crippen molar-refractivity contribution in [3.63, 3.8) is 0 Å². The van der Waals surface area contributed by atoms with Gasteiger partial charge in [-0.1, -0.05) is 60.7 Å². The van der Waals surface area contributed by atoms with Crippen molar-refractivity contribution in [3.05, 3.63) is 131 Å². The van der Waals surface area contributed by atoms with Crippen molar-refractivity contribution < 1.29 is 24.2 Å². The van der Waals surface area contributed by atoms with Crippen LogP contribution < -0.4 is 10.6 Å². The van der Waals surface area contributed by atoms with E-state index in [-0.39, 0.29) is 36.3 Å². The second kappa shape index (κ2) is 14.7. The summed E-state index contributed by atoms with van der Waals surface area (Å²) < 4.78 is 13.0. The van der Waals surface area contributed by atoms with Gasteiger partial charge in [0.2, 0.25) is 5.91 Å². The number of ether oxygens (including phenoxy) is 2. The Hall–Kier alpha value is -4.61. The lowest BCUT2D eigenvalue weighted by Crippen LogP contribution is -2.31. The van der Waals surface area contributed by atoms with Crippen LogP contribution in [0.4, 0.5) is 5.69 Å². The number of amides is 2. The lowest BCUT2D eigenvalue weighted by Gasteiger charge is -2.36. The van der Waals surface area contributed by atoms with Crippen LogP contribution in [0.15, 0.2) is 108 Å². The molecule has 0 bridgehead atoms. The number of aliphatic hydroxyl groups is 1. The highest BCUT2D eigenvalue weighted by atomic mass is 32.2. The number of fused-ring (bicyclic) bond motifs is 1. The minimum absolute atomic E-state index is 0.0139. The molecule has 5 aromatic rings. The summed E-state index contributed by atoms with van der Waals surface area (Å²) >= 11 is 1.69. The first kappa shape index (κ1) is 31.4. The van der Waals surface area contributed by atoms with Crippen molar-refractivity contribution in [2.24, 2.45) is 0 Å². The van der Waals surface area contributed by atoms with Gasteiger partial charge >= 0.3 is 0 Å². The van der Waals surface area contributed by atoms with Gasteiger partial charge < -0.3 is 25.2 Å². The lowest BCUT2D eigenvalue weighted by atomic mass is 10.0. The van der Waals surface area contributed by atoms with E-state index in [1.165, 1.54) is 13.1 Å². The Kier molecular flexibility index (Phi) is 10.00. The molecule has 0 spiro atoms. The molecule has 2 amide bonds. The predicted octanol–water partition coefficient (Wildman–Crippen LogP) is 6.35. The fraction of sp³-hybridized carbons (Fsp3) is 0.222. The maximum absolute atomic E-state index is 12.8. The van der Waals surface area contributed by atoms with Crippen molar-refractivity contribution >= 4 is 40.3 Å². The van der Waals surface area contributed by atoms with Crippen LogP contribution in [0.5, 0.6) is 0 Å². The molecule has 0 aliphatic carbocycles. The number of nitrogens with one attached hydrogen (secondary N) is 2. The molecule has 1 aliphatic rings. The van der Waals surface area contributed by atoms with Gasteiger partial charge in [0.25, 0.3) is 5.91 Å². The number of nitrogens with zero attached hydrogens (tertiary/aromatic N) is 2. The van der Waals surface area contributed by atoms with E-state index >= 15 is 0 Å². The molecular formula is C36H34N4O5S. The molecule has 1 aromatic heterocycles. The number of benzene rings is 4. The smallest absolute Gasteiger partial charge is 0.271 e. The van der Waals surface area contributed by atoms with Gasteiger partial charge in [-0.3, -0.25) is 14.6 Å². The van der Waals surface area contributed by atoms with Crippen molar-refractivity contribution in [2.75, 3.05) is 11.1 Å². The molecule has 234 valence electrons. The van der Waals surface area contributed by atoms with Gasteiger partial charge in [0.15, 0.2) is 6.29 Å². The molecule has 1 aliphatic heterocycles. The number of thioether (sulfide) groups is 1. The molecule has 9 nitrogen and oxygen atoms in total. The fourth-order valence-corrected chi connectivity index (χ4v) is 6.10. The van der Waals surface area contributed by atoms with Gasteiger partial charge in [-0.15, -0.1) is 11.8 Å². The molecule has 0 radical (unpaired) electrons. The highest BCUT2D eigenvalue weighted by Gasteiger charge is 2.32. The Morgan fingerprint density at radius 2 is 1.57 bits per heavy atom. The SMILES string of the molecule is CC(=O)Nc1ccc(SCC2CC(c3ccc(CO)cc3)OC(c3ccc(CNC(=O)c4cnc5ccccc5n4)cc3)O2)cc1. The van der Waals surface area contributed by atoms with E-state index in [1.807, 2.05) is 97.1 Å². The lowest BCUT2D eigenvalue weighted by molar-refractivity contribution is -0.245. The zero-order valence-electron chi connectivity index (χ0n) is 25.3. The zero-order valence-corrected chi connectivity index (χ0v) is 26.1. The van der Waals surface area contributed by atoms with Gasteiger partial charge in [-0.2, -0.15) is 0 Å². The Morgan fingerprint density at radius 1 is 0.870 bits per heavy atom.